The Bertz CT molecular complexity index is 760. The van der Waals surface area contributed by atoms with Gasteiger partial charge in [0.2, 0.25) is 0 Å². The average Bonchev–Trinajstić information content (AvgIpc) is 2.64. The molecule has 0 aliphatic heterocycles. The Labute approximate surface area is 180 Å². The van der Waals surface area contributed by atoms with Gasteiger partial charge < -0.3 is 30.3 Å². The van der Waals surface area contributed by atoms with Crippen LogP contribution in [0.5, 0.6) is 0 Å². The number of rotatable bonds is 10. The highest BCUT2D eigenvalue weighted by Crippen LogP contribution is 2.16. The highest BCUT2D eigenvalue weighted by atomic mass is 16.6. The van der Waals surface area contributed by atoms with Crippen molar-refractivity contribution >= 4 is 24.1 Å². The third-order valence-electron chi connectivity index (χ3n) is 4.07. The van der Waals surface area contributed by atoms with Crippen LogP contribution < -0.4 is 10.6 Å². The minimum Gasteiger partial charge on any atom is -0.481 e. The van der Waals surface area contributed by atoms with Crippen molar-refractivity contribution in [2.24, 2.45) is 5.92 Å². The van der Waals surface area contributed by atoms with Gasteiger partial charge in [0.1, 0.15) is 18.2 Å². The number of alkyl carbamates (subject to hydrolysis) is 2. The Morgan fingerprint density at radius 2 is 1.55 bits per heavy atom. The molecule has 0 aromatic heterocycles. The van der Waals surface area contributed by atoms with Gasteiger partial charge in [-0.1, -0.05) is 30.3 Å². The molecule has 0 aliphatic carbocycles. The SMILES string of the molecule is C[C@H](C[C@@H](C[C@H](NC(=O)OCc1ccccc1)C(=O)O)C(=O)O)NC(=O)OC(C)(C)C. The van der Waals surface area contributed by atoms with Gasteiger partial charge in [-0.2, -0.15) is 0 Å². The standard InChI is InChI=1S/C21H30N2O8/c1-13(22-20(29)31-21(2,3)4)10-15(17(24)25)11-16(18(26)27)23-19(28)30-12-14-8-6-5-7-9-14/h5-9,13,15-16H,10-12H2,1-4H3,(H,22,29)(H,23,28)(H,24,25)(H,26,27)/t13-,15+,16+/m1/s1. The van der Waals surface area contributed by atoms with E-state index in [2.05, 4.69) is 10.6 Å². The van der Waals surface area contributed by atoms with Crippen molar-refractivity contribution in [3.05, 3.63) is 35.9 Å². The summed E-state index contributed by atoms with van der Waals surface area (Å²) < 4.78 is 10.1. The lowest BCUT2D eigenvalue weighted by molar-refractivity contribution is -0.144. The molecule has 0 heterocycles. The van der Waals surface area contributed by atoms with E-state index in [1.54, 1.807) is 58.0 Å². The number of carboxylic acid groups (broad SMARTS) is 2. The number of hydrogen-bond acceptors (Lipinski definition) is 6. The van der Waals surface area contributed by atoms with E-state index in [9.17, 15) is 29.4 Å². The van der Waals surface area contributed by atoms with Gasteiger partial charge in [-0.25, -0.2) is 14.4 Å². The summed E-state index contributed by atoms with van der Waals surface area (Å²) in [6.07, 6.45) is -2.12. The molecule has 10 heteroatoms. The maximum atomic E-state index is 12.0. The molecular weight excluding hydrogens is 408 g/mol. The van der Waals surface area contributed by atoms with Gasteiger partial charge in [0, 0.05) is 6.04 Å². The van der Waals surface area contributed by atoms with Crippen LogP contribution >= 0.6 is 0 Å². The second-order valence-electron chi connectivity index (χ2n) is 8.15. The second kappa shape index (κ2) is 11.8. The molecule has 0 saturated heterocycles. The van der Waals surface area contributed by atoms with Crippen LogP contribution in [0.3, 0.4) is 0 Å². The first-order chi connectivity index (χ1) is 14.4. The Morgan fingerprint density at radius 1 is 0.935 bits per heavy atom. The minimum absolute atomic E-state index is 0.0564. The fourth-order valence-electron chi connectivity index (χ4n) is 2.71. The van der Waals surface area contributed by atoms with Crippen LogP contribution in [0, 0.1) is 5.92 Å². The number of carbonyl (C=O) groups excluding carboxylic acids is 2. The zero-order chi connectivity index (χ0) is 23.6. The predicted octanol–water partition coefficient (Wildman–Crippen LogP) is 2.76. The van der Waals surface area contributed by atoms with Crippen molar-refractivity contribution in [3.63, 3.8) is 0 Å². The molecule has 1 aromatic carbocycles. The van der Waals surface area contributed by atoms with Crippen LogP contribution in [-0.4, -0.2) is 52.0 Å². The summed E-state index contributed by atoms with van der Waals surface area (Å²) in [5.74, 6) is -3.78. The second-order valence-corrected chi connectivity index (χ2v) is 8.15. The summed E-state index contributed by atoms with van der Waals surface area (Å²) in [5, 5.41) is 23.6. The van der Waals surface area contributed by atoms with Crippen molar-refractivity contribution in [2.45, 2.75) is 64.8 Å². The first kappa shape index (κ1) is 25.7. The van der Waals surface area contributed by atoms with Gasteiger partial charge in [-0.3, -0.25) is 4.79 Å². The first-order valence-corrected chi connectivity index (χ1v) is 9.79. The molecule has 0 radical (unpaired) electrons. The van der Waals surface area contributed by atoms with Gasteiger partial charge in [0.05, 0.1) is 5.92 Å². The summed E-state index contributed by atoms with van der Waals surface area (Å²) in [5.41, 5.74) is 0.00372. The van der Waals surface area contributed by atoms with Crippen molar-refractivity contribution in [1.82, 2.24) is 10.6 Å². The topological polar surface area (TPSA) is 151 Å². The highest BCUT2D eigenvalue weighted by Gasteiger charge is 2.30. The Morgan fingerprint density at radius 3 is 2.06 bits per heavy atom. The third kappa shape index (κ3) is 10.9. The normalized spacial score (nSPS) is 13.9. The molecule has 172 valence electrons. The van der Waals surface area contributed by atoms with Gasteiger partial charge in [0.15, 0.2) is 0 Å². The molecule has 31 heavy (non-hydrogen) atoms. The Kier molecular flexibility index (Phi) is 9.78. The molecule has 0 spiro atoms. The van der Waals surface area contributed by atoms with Gasteiger partial charge in [-0.15, -0.1) is 0 Å². The summed E-state index contributed by atoms with van der Waals surface area (Å²) in [7, 11) is 0. The molecule has 0 saturated carbocycles. The third-order valence-corrected chi connectivity index (χ3v) is 4.07. The van der Waals surface area contributed by atoms with Crippen LogP contribution in [0.2, 0.25) is 0 Å². The number of carbonyl (C=O) groups is 4. The lowest BCUT2D eigenvalue weighted by atomic mass is 9.93. The van der Waals surface area contributed by atoms with Crippen molar-refractivity contribution in [2.75, 3.05) is 0 Å². The minimum atomic E-state index is -1.47. The van der Waals surface area contributed by atoms with Crippen LogP contribution in [0.15, 0.2) is 30.3 Å². The predicted molar refractivity (Wildman–Crippen MR) is 110 cm³/mol. The lowest BCUT2D eigenvalue weighted by Crippen LogP contribution is -2.44. The van der Waals surface area contributed by atoms with Crippen molar-refractivity contribution in [3.8, 4) is 0 Å². The maximum Gasteiger partial charge on any atom is 0.408 e. The molecule has 1 aromatic rings. The van der Waals surface area contributed by atoms with E-state index < -0.39 is 47.7 Å². The maximum absolute atomic E-state index is 12.0. The number of carboxylic acids is 2. The van der Waals surface area contributed by atoms with Gasteiger partial charge in [0.25, 0.3) is 0 Å². The smallest absolute Gasteiger partial charge is 0.408 e. The van der Waals surface area contributed by atoms with E-state index in [0.717, 1.165) is 5.56 Å². The molecule has 2 amide bonds. The molecule has 0 bridgehead atoms. The van der Waals surface area contributed by atoms with E-state index in [1.807, 2.05) is 0 Å². The van der Waals surface area contributed by atoms with Crippen molar-refractivity contribution < 1.29 is 38.9 Å². The zero-order valence-electron chi connectivity index (χ0n) is 18.1. The molecule has 3 atom stereocenters. The molecule has 10 nitrogen and oxygen atoms in total. The Balaban J connectivity index is 2.64. The van der Waals surface area contributed by atoms with Crippen LogP contribution in [0.25, 0.3) is 0 Å². The molecular formula is C21H30N2O8. The summed E-state index contributed by atoms with van der Waals surface area (Å²) in [4.78, 5) is 47.0. The van der Waals surface area contributed by atoms with Crippen LogP contribution in [0.1, 0.15) is 46.1 Å². The fourth-order valence-corrected chi connectivity index (χ4v) is 2.71. The number of aliphatic carboxylic acids is 2. The van der Waals surface area contributed by atoms with Gasteiger partial charge in [-0.05, 0) is 46.1 Å². The number of ether oxygens (including phenoxy) is 2. The fraction of sp³-hybridized carbons (Fsp3) is 0.524. The monoisotopic (exact) mass is 438 g/mol. The van der Waals surface area contributed by atoms with E-state index in [4.69, 9.17) is 9.47 Å². The Hall–Kier alpha value is -3.30. The van der Waals surface area contributed by atoms with E-state index in [1.165, 1.54) is 0 Å². The average molecular weight is 438 g/mol. The lowest BCUT2D eigenvalue weighted by Gasteiger charge is -2.24. The van der Waals surface area contributed by atoms with E-state index >= 15 is 0 Å². The van der Waals surface area contributed by atoms with Crippen LogP contribution in [-0.2, 0) is 25.7 Å². The van der Waals surface area contributed by atoms with E-state index in [0.29, 0.717) is 0 Å². The molecule has 0 unspecified atom stereocenters. The number of hydrogen-bond donors (Lipinski definition) is 4. The van der Waals surface area contributed by atoms with Gasteiger partial charge >= 0.3 is 24.1 Å². The molecule has 0 aliphatic rings. The highest BCUT2D eigenvalue weighted by molar-refractivity contribution is 5.81. The summed E-state index contributed by atoms with van der Waals surface area (Å²) in [6.45, 7) is 6.60. The molecule has 1 rings (SSSR count). The number of nitrogens with one attached hydrogen (secondary N) is 2. The van der Waals surface area contributed by atoms with Crippen LogP contribution in [0.4, 0.5) is 9.59 Å². The van der Waals surface area contributed by atoms with E-state index in [-0.39, 0.29) is 19.4 Å². The first-order valence-electron chi connectivity index (χ1n) is 9.79. The summed E-state index contributed by atoms with van der Waals surface area (Å²) >= 11 is 0. The quantitative estimate of drug-likeness (QED) is 0.435. The number of amides is 2. The zero-order valence-corrected chi connectivity index (χ0v) is 18.1. The largest absolute Gasteiger partial charge is 0.481 e. The summed E-state index contributed by atoms with van der Waals surface area (Å²) in [6, 6.07) is 6.73. The molecule has 4 N–H and O–H groups in total. The van der Waals surface area contributed by atoms with Crippen molar-refractivity contribution in [1.29, 1.82) is 0 Å². The molecule has 0 fully saturated rings. The number of benzene rings is 1.